The van der Waals surface area contributed by atoms with Crippen molar-refractivity contribution in [2.24, 2.45) is 5.41 Å². The molecule has 0 atom stereocenters. The molecule has 1 aliphatic heterocycles. The monoisotopic (exact) mass is 211 g/mol. The summed E-state index contributed by atoms with van der Waals surface area (Å²) in [7, 11) is 0. The minimum absolute atomic E-state index is 0.277. The van der Waals surface area contributed by atoms with Crippen LogP contribution in [0.4, 0.5) is 0 Å². The molecule has 0 aromatic heterocycles. The molecule has 0 bridgehead atoms. The highest BCUT2D eigenvalue weighted by Crippen LogP contribution is 2.49. The van der Waals surface area contributed by atoms with Gasteiger partial charge in [-0.1, -0.05) is 0 Å². The van der Waals surface area contributed by atoms with Crippen LogP contribution < -0.4 is 0 Å². The summed E-state index contributed by atoms with van der Waals surface area (Å²) >= 11 is 0. The van der Waals surface area contributed by atoms with Gasteiger partial charge in [0.1, 0.15) is 5.78 Å². The maximum atomic E-state index is 10.9. The number of carbonyl (C=O) groups excluding carboxylic acids is 1. The number of hydrogen-bond acceptors (Lipinski definition) is 3. The molecule has 86 valence electrons. The summed E-state index contributed by atoms with van der Waals surface area (Å²) in [6, 6.07) is 0. The second-order valence-electron chi connectivity index (χ2n) is 5.56. The molecular weight excluding hydrogens is 190 g/mol. The molecule has 2 fully saturated rings. The average molecular weight is 211 g/mol. The van der Waals surface area contributed by atoms with E-state index in [0.29, 0.717) is 24.2 Å². The number of rotatable bonds is 4. The van der Waals surface area contributed by atoms with Crippen LogP contribution in [0.5, 0.6) is 0 Å². The first kappa shape index (κ1) is 11.1. The summed E-state index contributed by atoms with van der Waals surface area (Å²) in [5.74, 6) is 0.277. The van der Waals surface area contributed by atoms with Gasteiger partial charge < -0.3 is 4.74 Å². The second-order valence-corrected chi connectivity index (χ2v) is 5.56. The largest absolute Gasteiger partial charge is 0.376 e. The molecule has 1 aliphatic carbocycles. The fourth-order valence-corrected chi connectivity index (χ4v) is 2.97. The first-order valence-electron chi connectivity index (χ1n) is 5.86. The van der Waals surface area contributed by atoms with E-state index in [9.17, 15) is 4.79 Å². The fourth-order valence-electron chi connectivity index (χ4n) is 2.97. The lowest BCUT2D eigenvalue weighted by Gasteiger charge is -2.59. The Hall–Kier alpha value is -0.410. The van der Waals surface area contributed by atoms with E-state index in [4.69, 9.17) is 4.74 Å². The molecule has 1 saturated heterocycles. The molecule has 3 heteroatoms. The van der Waals surface area contributed by atoms with Gasteiger partial charge >= 0.3 is 0 Å². The maximum Gasteiger partial charge on any atom is 0.143 e. The van der Waals surface area contributed by atoms with Crippen molar-refractivity contribution in [3.63, 3.8) is 0 Å². The highest BCUT2D eigenvalue weighted by molar-refractivity contribution is 5.77. The van der Waals surface area contributed by atoms with Crippen molar-refractivity contribution in [1.29, 1.82) is 0 Å². The van der Waals surface area contributed by atoms with Crippen LogP contribution in [0.25, 0.3) is 0 Å². The molecule has 0 aromatic carbocycles. The van der Waals surface area contributed by atoms with Crippen LogP contribution in [0.1, 0.15) is 33.6 Å². The third-order valence-electron chi connectivity index (χ3n) is 3.35. The summed E-state index contributed by atoms with van der Waals surface area (Å²) in [5.41, 5.74) is 0.509. The Morgan fingerprint density at radius 3 is 2.53 bits per heavy atom. The normalized spacial score (nSPS) is 25.3. The quantitative estimate of drug-likeness (QED) is 0.705. The number of ketones is 1. The van der Waals surface area contributed by atoms with Crippen LogP contribution in [0, 0.1) is 5.41 Å². The van der Waals surface area contributed by atoms with Gasteiger partial charge in [0, 0.05) is 18.5 Å². The molecule has 3 nitrogen and oxygen atoms in total. The zero-order chi connectivity index (χ0) is 11.1. The molecule has 0 amide bonds. The Bertz CT molecular complexity index is 248. The van der Waals surface area contributed by atoms with Gasteiger partial charge in [0.25, 0.3) is 0 Å². The van der Waals surface area contributed by atoms with Crippen LogP contribution >= 0.6 is 0 Å². The topological polar surface area (TPSA) is 29.5 Å². The van der Waals surface area contributed by atoms with Crippen molar-refractivity contribution in [1.82, 2.24) is 4.90 Å². The van der Waals surface area contributed by atoms with Crippen molar-refractivity contribution in [2.45, 2.75) is 45.8 Å². The maximum absolute atomic E-state index is 10.9. The van der Waals surface area contributed by atoms with E-state index in [1.165, 1.54) is 12.8 Å². The number of likely N-dealkylation sites (tertiary alicyclic amines) is 1. The minimum Gasteiger partial charge on any atom is -0.376 e. The number of hydrogen-bond donors (Lipinski definition) is 0. The first-order valence-corrected chi connectivity index (χ1v) is 5.86. The molecule has 0 N–H and O–H groups in total. The Kier molecular flexibility index (Phi) is 2.86. The minimum atomic E-state index is 0.277. The number of ether oxygens (including phenoxy) is 1. The molecule has 1 saturated carbocycles. The van der Waals surface area contributed by atoms with Crippen LogP contribution in [-0.4, -0.2) is 42.5 Å². The summed E-state index contributed by atoms with van der Waals surface area (Å²) in [6.07, 6.45) is 3.21. The van der Waals surface area contributed by atoms with Crippen molar-refractivity contribution in [3.8, 4) is 0 Å². The van der Waals surface area contributed by atoms with E-state index in [-0.39, 0.29) is 5.78 Å². The van der Waals surface area contributed by atoms with Crippen molar-refractivity contribution in [3.05, 3.63) is 0 Å². The SMILES string of the molecule is CC(=O)CN1CC2(CC(OC(C)C)C2)C1. The zero-order valence-corrected chi connectivity index (χ0v) is 9.95. The smallest absolute Gasteiger partial charge is 0.143 e. The highest BCUT2D eigenvalue weighted by atomic mass is 16.5. The standard InChI is InChI=1S/C12H21NO2/c1-9(2)15-11-4-12(5-11)7-13(8-12)6-10(3)14/h9,11H,4-8H2,1-3H3. The Morgan fingerprint density at radius 2 is 2.07 bits per heavy atom. The highest BCUT2D eigenvalue weighted by Gasteiger charge is 2.52. The van der Waals surface area contributed by atoms with Gasteiger partial charge in [-0.2, -0.15) is 0 Å². The molecule has 0 radical (unpaired) electrons. The zero-order valence-electron chi connectivity index (χ0n) is 9.95. The Morgan fingerprint density at radius 1 is 1.47 bits per heavy atom. The molecule has 15 heavy (non-hydrogen) atoms. The molecule has 2 rings (SSSR count). The molecule has 2 aliphatic rings. The van der Waals surface area contributed by atoms with E-state index in [1.807, 2.05) is 0 Å². The summed E-state index contributed by atoms with van der Waals surface area (Å²) in [4.78, 5) is 13.2. The van der Waals surface area contributed by atoms with Gasteiger partial charge in [0.2, 0.25) is 0 Å². The molecular formula is C12H21NO2. The fraction of sp³-hybridized carbons (Fsp3) is 0.917. The van der Waals surface area contributed by atoms with Gasteiger partial charge in [-0.25, -0.2) is 0 Å². The van der Waals surface area contributed by atoms with Gasteiger partial charge in [-0.15, -0.1) is 0 Å². The predicted octanol–water partition coefficient (Wildman–Crippen LogP) is 1.46. The lowest BCUT2D eigenvalue weighted by molar-refractivity contribution is -0.164. The van der Waals surface area contributed by atoms with E-state index >= 15 is 0 Å². The van der Waals surface area contributed by atoms with E-state index in [1.54, 1.807) is 6.92 Å². The van der Waals surface area contributed by atoms with Crippen molar-refractivity contribution >= 4 is 5.78 Å². The van der Waals surface area contributed by atoms with Crippen LogP contribution in [0.15, 0.2) is 0 Å². The average Bonchev–Trinajstić information content (AvgIpc) is 1.94. The molecule has 1 spiro atoms. The third kappa shape index (κ3) is 2.40. The van der Waals surface area contributed by atoms with Crippen molar-refractivity contribution in [2.75, 3.05) is 19.6 Å². The predicted molar refractivity (Wildman–Crippen MR) is 58.8 cm³/mol. The van der Waals surface area contributed by atoms with Gasteiger partial charge in [0.15, 0.2) is 0 Å². The van der Waals surface area contributed by atoms with Gasteiger partial charge in [-0.3, -0.25) is 9.69 Å². The van der Waals surface area contributed by atoms with E-state index in [2.05, 4.69) is 18.7 Å². The summed E-state index contributed by atoms with van der Waals surface area (Å²) < 4.78 is 5.75. The summed E-state index contributed by atoms with van der Waals surface area (Å²) in [6.45, 7) is 8.69. The Labute approximate surface area is 91.8 Å². The lowest BCUT2D eigenvalue weighted by Crippen LogP contribution is -2.64. The lowest BCUT2D eigenvalue weighted by atomic mass is 9.61. The molecule has 0 aromatic rings. The summed E-state index contributed by atoms with van der Waals surface area (Å²) in [5, 5.41) is 0. The first-order chi connectivity index (χ1) is 6.99. The Balaban J connectivity index is 1.66. The van der Waals surface area contributed by atoms with E-state index in [0.717, 1.165) is 13.1 Å². The van der Waals surface area contributed by atoms with Crippen LogP contribution in [0.3, 0.4) is 0 Å². The molecule has 1 heterocycles. The number of carbonyl (C=O) groups is 1. The number of nitrogens with zero attached hydrogens (tertiary/aromatic N) is 1. The van der Waals surface area contributed by atoms with Crippen molar-refractivity contribution < 1.29 is 9.53 Å². The van der Waals surface area contributed by atoms with Crippen LogP contribution in [0.2, 0.25) is 0 Å². The second kappa shape index (κ2) is 3.87. The van der Waals surface area contributed by atoms with Gasteiger partial charge in [0.05, 0.1) is 18.8 Å². The van der Waals surface area contributed by atoms with Gasteiger partial charge in [-0.05, 0) is 33.6 Å². The number of Topliss-reactive ketones (excluding diaryl/α,β-unsaturated/α-hetero) is 1. The molecule has 0 unspecified atom stereocenters. The van der Waals surface area contributed by atoms with Crippen LogP contribution in [-0.2, 0) is 9.53 Å². The van der Waals surface area contributed by atoms with E-state index < -0.39 is 0 Å². The third-order valence-corrected chi connectivity index (χ3v) is 3.35.